The zero-order valence-electron chi connectivity index (χ0n) is 8.99. The Morgan fingerprint density at radius 2 is 1.82 bits per heavy atom. The molecule has 0 unspecified atom stereocenters. The molecule has 0 amide bonds. The van der Waals surface area contributed by atoms with Crippen molar-refractivity contribution in [3.8, 4) is 5.75 Å². The number of rotatable bonds is 3. The van der Waals surface area contributed by atoms with Gasteiger partial charge in [0.05, 0.1) is 4.47 Å². The molecule has 0 atom stereocenters. The first kappa shape index (κ1) is 12.3. The number of benzene rings is 2. The Morgan fingerprint density at radius 3 is 2.47 bits per heavy atom. The van der Waals surface area contributed by atoms with Gasteiger partial charge in [0.15, 0.2) is 0 Å². The topological polar surface area (TPSA) is 35.2 Å². The number of anilines is 1. The summed E-state index contributed by atoms with van der Waals surface area (Å²) in [6.07, 6.45) is 0. The Hall–Kier alpha value is -1.19. The van der Waals surface area contributed by atoms with Crippen molar-refractivity contribution in [2.45, 2.75) is 6.61 Å². The van der Waals surface area contributed by atoms with E-state index in [1.807, 2.05) is 42.5 Å². The molecule has 0 aliphatic carbocycles. The van der Waals surface area contributed by atoms with Crippen LogP contribution in [0.5, 0.6) is 5.75 Å². The molecule has 2 nitrogen and oxygen atoms in total. The molecule has 0 saturated carbocycles. The van der Waals surface area contributed by atoms with Gasteiger partial charge in [0.25, 0.3) is 0 Å². The summed E-state index contributed by atoms with van der Waals surface area (Å²) in [4.78, 5) is 0. The second-order valence-corrected chi connectivity index (χ2v) is 4.90. The average molecular weight is 313 g/mol. The van der Waals surface area contributed by atoms with Gasteiger partial charge in [0.1, 0.15) is 12.4 Å². The third-order valence-corrected chi connectivity index (χ3v) is 3.14. The number of nitrogen functional groups attached to an aromatic ring is 1. The normalized spacial score (nSPS) is 10.2. The quantitative estimate of drug-likeness (QED) is 0.859. The highest BCUT2D eigenvalue weighted by Gasteiger charge is 2.01. The Labute approximate surface area is 113 Å². The van der Waals surface area contributed by atoms with Crippen molar-refractivity contribution in [1.82, 2.24) is 0 Å². The van der Waals surface area contributed by atoms with E-state index in [1.165, 1.54) is 0 Å². The van der Waals surface area contributed by atoms with Crippen molar-refractivity contribution in [3.63, 3.8) is 0 Å². The summed E-state index contributed by atoms with van der Waals surface area (Å²) >= 11 is 9.22. The lowest BCUT2D eigenvalue weighted by Gasteiger charge is -2.08. The Balaban J connectivity index is 2.04. The van der Waals surface area contributed by atoms with Crippen LogP contribution >= 0.6 is 27.5 Å². The second-order valence-electron chi connectivity index (χ2n) is 3.61. The first-order valence-electron chi connectivity index (χ1n) is 5.07. The second kappa shape index (κ2) is 5.43. The minimum Gasteiger partial charge on any atom is -0.488 e. The Bertz CT molecular complexity index is 513. The molecule has 0 aromatic heterocycles. The van der Waals surface area contributed by atoms with Crippen LogP contribution in [-0.4, -0.2) is 0 Å². The van der Waals surface area contributed by atoms with Crippen LogP contribution in [0.2, 0.25) is 5.02 Å². The fourth-order valence-electron chi connectivity index (χ4n) is 1.38. The van der Waals surface area contributed by atoms with E-state index in [2.05, 4.69) is 15.9 Å². The number of hydrogen-bond donors (Lipinski definition) is 1. The summed E-state index contributed by atoms with van der Waals surface area (Å²) in [6, 6.07) is 13.0. The highest BCUT2D eigenvalue weighted by molar-refractivity contribution is 9.10. The van der Waals surface area contributed by atoms with Crippen molar-refractivity contribution in [3.05, 3.63) is 57.5 Å². The van der Waals surface area contributed by atoms with Gasteiger partial charge in [0.2, 0.25) is 0 Å². The summed E-state index contributed by atoms with van der Waals surface area (Å²) in [7, 11) is 0. The van der Waals surface area contributed by atoms with Gasteiger partial charge in [-0.05, 0) is 51.8 Å². The third kappa shape index (κ3) is 3.38. The van der Waals surface area contributed by atoms with Gasteiger partial charge >= 0.3 is 0 Å². The first-order chi connectivity index (χ1) is 8.15. The lowest BCUT2D eigenvalue weighted by molar-refractivity contribution is 0.304. The molecular weight excluding hydrogens is 302 g/mol. The summed E-state index contributed by atoms with van der Waals surface area (Å²) < 4.78 is 6.53. The van der Waals surface area contributed by atoms with Gasteiger partial charge in [-0.2, -0.15) is 0 Å². The molecule has 0 fully saturated rings. The molecule has 0 heterocycles. The van der Waals surface area contributed by atoms with Crippen LogP contribution in [0, 0.1) is 0 Å². The fraction of sp³-hybridized carbons (Fsp3) is 0.0769. The van der Waals surface area contributed by atoms with Crippen LogP contribution in [0.3, 0.4) is 0 Å². The molecule has 2 aromatic rings. The Morgan fingerprint density at radius 1 is 1.12 bits per heavy atom. The lowest BCUT2D eigenvalue weighted by atomic mass is 10.2. The zero-order valence-corrected chi connectivity index (χ0v) is 11.3. The summed E-state index contributed by atoms with van der Waals surface area (Å²) in [6.45, 7) is 0.500. The summed E-state index contributed by atoms with van der Waals surface area (Å²) in [5, 5.41) is 0.724. The van der Waals surface area contributed by atoms with E-state index < -0.39 is 0 Å². The molecule has 17 heavy (non-hydrogen) atoms. The standard InChI is InChI=1S/C13H11BrClNO/c14-12-7-11(16)5-6-13(12)17-8-9-1-3-10(15)4-2-9/h1-7H,8,16H2. The maximum atomic E-state index is 5.81. The number of nitrogens with two attached hydrogens (primary N) is 1. The van der Waals surface area contributed by atoms with Crippen LogP contribution < -0.4 is 10.5 Å². The van der Waals surface area contributed by atoms with Crippen molar-refractivity contribution in [2.75, 3.05) is 5.73 Å². The van der Waals surface area contributed by atoms with Crippen LogP contribution in [0.4, 0.5) is 5.69 Å². The van der Waals surface area contributed by atoms with Gasteiger partial charge in [-0.1, -0.05) is 23.7 Å². The number of ether oxygens (including phenoxy) is 1. The highest BCUT2D eigenvalue weighted by Crippen LogP contribution is 2.27. The van der Waals surface area contributed by atoms with E-state index in [0.29, 0.717) is 12.3 Å². The smallest absolute Gasteiger partial charge is 0.134 e. The van der Waals surface area contributed by atoms with Gasteiger partial charge < -0.3 is 10.5 Å². The van der Waals surface area contributed by atoms with E-state index in [-0.39, 0.29) is 0 Å². The predicted molar refractivity (Wildman–Crippen MR) is 74.3 cm³/mol. The molecule has 2 rings (SSSR count). The summed E-state index contributed by atoms with van der Waals surface area (Å²) in [5.74, 6) is 0.772. The highest BCUT2D eigenvalue weighted by atomic mass is 79.9. The average Bonchev–Trinajstić information content (AvgIpc) is 2.30. The molecule has 0 spiro atoms. The molecular formula is C13H11BrClNO. The number of halogens is 2. The zero-order chi connectivity index (χ0) is 12.3. The van der Waals surface area contributed by atoms with E-state index >= 15 is 0 Å². The van der Waals surface area contributed by atoms with Crippen LogP contribution in [0.1, 0.15) is 5.56 Å². The van der Waals surface area contributed by atoms with Crippen LogP contribution in [-0.2, 0) is 6.61 Å². The molecule has 2 N–H and O–H groups in total. The van der Waals surface area contributed by atoms with Crippen molar-refractivity contribution < 1.29 is 4.74 Å². The minimum absolute atomic E-state index is 0.500. The molecule has 88 valence electrons. The maximum absolute atomic E-state index is 5.81. The number of hydrogen-bond acceptors (Lipinski definition) is 2. The van der Waals surface area contributed by atoms with E-state index in [0.717, 1.165) is 20.8 Å². The van der Waals surface area contributed by atoms with Gasteiger partial charge in [-0.15, -0.1) is 0 Å². The molecule has 0 radical (unpaired) electrons. The lowest BCUT2D eigenvalue weighted by Crippen LogP contribution is -1.96. The molecule has 0 aliphatic rings. The maximum Gasteiger partial charge on any atom is 0.134 e. The predicted octanol–water partition coefficient (Wildman–Crippen LogP) is 4.26. The van der Waals surface area contributed by atoms with Crippen LogP contribution in [0.15, 0.2) is 46.9 Å². The monoisotopic (exact) mass is 311 g/mol. The molecule has 0 aliphatic heterocycles. The van der Waals surface area contributed by atoms with Crippen molar-refractivity contribution in [1.29, 1.82) is 0 Å². The molecule has 2 aromatic carbocycles. The summed E-state index contributed by atoms with van der Waals surface area (Å²) in [5.41, 5.74) is 7.42. The van der Waals surface area contributed by atoms with Gasteiger partial charge in [-0.25, -0.2) is 0 Å². The minimum atomic E-state index is 0.500. The van der Waals surface area contributed by atoms with E-state index in [4.69, 9.17) is 22.1 Å². The largest absolute Gasteiger partial charge is 0.488 e. The molecule has 4 heteroatoms. The first-order valence-corrected chi connectivity index (χ1v) is 6.24. The van der Waals surface area contributed by atoms with Crippen molar-refractivity contribution >= 4 is 33.2 Å². The Kier molecular flexibility index (Phi) is 3.92. The third-order valence-electron chi connectivity index (χ3n) is 2.26. The van der Waals surface area contributed by atoms with E-state index in [1.54, 1.807) is 0 Å². The van der Waals surface area contributed by atoms with Gasteiger partial charge in [0, 0.05) is 10.7 Å². The van der Waals surface area contributed by atoms with Crippen LogP contribution in [0.25, 0.3) is 0 Å². The van der Waals surface area contributed by atoms with Gasteiger partial charge in [-0.3, -0.25) is 0 Å². The molecule has 0 saturated heterocycles. The van der Waals surface area contributed by atoms with Crippen molar-refractivity contribution in [2.24, 2.45) is 0 Å². The SMILES string of the molecule is Nc1ccc(OCc2ccc(Cl)cc2)c(Br)c1. The van der Waals surface area contributed by atoms with E-state index in [9.17, 15) is 0 Å². The fourth-order valence-corrected chi connectivity index (χ4v) is 2.01. The molecule has 0 bridgehead atoms.